The summed E-state index contributed by atoms with van der Waals surface area (Å²) in [5, 5.41) is 0. The molecule has 0 aliphatic carbocycles. The maximum atomic E-state index is 6.01. The van der Waals surface area contributed by atoms with Gasteiger partial charge in [-0.25, -0.2) is 0 Å². The molecule has 0 saturated carbocycles. The van der Waals surface area contributed by atoms with Gasteiger partial charge in [0.1, 0.15) is 0 Å². The number of benzene rings is 1. The molecule has 0 N–H and O–H groups in total. The van der Waals surface area contributed by atoms with Gasteiger partial charge >= 0.3 is 0 Å². The van der Waals surface area contributed by atoms with E-state index in [0.717, 1.165) is 31.0 Å². The second kappa shape index (κ2) is 6.12. The molecule has 1 aromatic carbocycles. The molecule has 2 aliphatic heterocycles. The number of likely N-dealkylation sites (tertiary alicyclic amines) is 1. The highest BCUT2D eigenvalue weighted by Crippen LogP contribution is 2.25. The molecule has 1 saturated heterocycles. The van der Waals surface area contributed by atoms with Crippen molar-refractivity contribution in [2.75, 3.05) is 25.6 Å². The van der Waals surface area contributed by atoms with E-state index in [4.69, 9.17) is 21.4 Å². The molecule has 0 unspecified atom stereocenters. The molecular weight excluding hydrogens is 262 g/mol. The normalized spacial score (nSPS) is 23.1. The number of halogens is 1. The zero-order valence-electron chi connectivity index (χ0n) is 11.1. The topological polar surface area (TPSA) is 21.7 Å². The van der Waals surface area contributed by atoms with Crippen molar-refractivity contribution in [1.82, 2.24) is 4.90 Å². The van der Waals surface area contributed by atoms with Crippen molar-refractivity contribution in [2.24, 2.45) is 0 Å². The van der Waals surface area contributed by atoms with Crippen LogP contribution in [0.2, 0.25) is 0 Å². The summed E-state index contributed by atoms with van der Waals surface area (Å²) in [5.41, 5.74) is 2.64. The lowest BCUT2D eigenvalue weighted by Crippen LogP contribution is -2.32. The van der Waals surface area contributed by atoms with Crippen molar-refractivity contribution in [2.45, 2.75) is 31.7 Å². The standard InChI is InChI=1S/C15H20ClNO2/c16-11-14-2-1-7-17(14)8-5-12-3-4-15-13(10-12)6-9-18-19-15/h3-4,10,14H,1-2,5-9,11H2/t14-/m0/s1. The van der Waals surface area contributed by atoms with Crippen LogP contribution in [0.25, 0.3) is 0 Å². The summed E-state index contributed by atoms with van der Waals surface area (Å²) in [6.45, 7) is 2.95. The Morgan fingerprint density at radius 3 is 3.21 bits per heavy atom. The van der Waals surface area contributed by atoms with Crippen molar-refractivity contribution < 1.29 is 9.78 Å². The SMILES string of the molecule is ClC[C@@H]1CCCN1CCc1ccc2c(c1)CCOO2. The van der Waals surface area contributed by atoms with Gasteiger partial charge in [-0.1, -0.05) is 12.1 Å². The molecule has 0 amide bonds. The molecule has 3 rings (SSSR count). The van der Waals surface area contributed by atoms with E-state index in [1.54, 1.807) is 0 Å². The van der Waals surface area contributed by atoms with E-state index in [1.165, 1.54) is 30.5 Å². The van der Waals surface area contributed by atoms with E-state index in [2.05, 4.69) is 17.0 Å². The first kappa shape index (κ1) is 13.2. The number of hydrogen-bond donors (Lipinski definition) is 0. The summed E-state index contributed by atoms with van der Waals surface area (Å²) in [6.07, 6.45) is 4.56. The van der Waals surface area contributed by atoms with Crippen LogP contribution in [0.3, 0.4) is 0 Å². The minimum Gasteiger partial charge on any atom is -0.337 e. The van der Waals surface area contributed by atoms with Gasteiger partial charge in [0.25, 0.3) is 0 Å². The molecule has 1 fully saturated rings. The van der Waals surface area contributed by atoms with Gasteiger partial charge in [-0.3, -0.25) is 4.90 Å². The minimum absolute atomic E-state index is 0.580. The first-order chi connectivity index (χ1) is 9.36. The maximum absolute atomic E-state index is 6.01. The molecule has 0 spiro atoms. The number of rotatable bonds is 4. The number of hydrogen-bond acceptors (Lipinski definition) is 3. The Kier molecular flexibility index (Phi) is 4.26. The molecule has 1 atom stereocenters. The van der Waals surface area contributed by atoms with Gasteiger partial charge in [0.05, 0.1) is 6.61 Å². The Hall–Kier alpha value is -0.770. The van der Waals surface area contributed by atoms with Crippen molar-refractivity contribution >= 4 is 11.6 Å². The van der Waals surface area contributed by atoms with Crippen LogP contribution < -0.4 is 4.89 Å². The maximum Gasteiger partial charge on any atom is 0.168 e. The molecule has 2 heterocycles. The number of nitrogens with zero attached hydrogens (tertiary/aromatic N) is 1. The fourth-order valence-electron chi connectivity index (χ4n) is 2.96. The zero-order valence-corrected chi connectivity index (χ0v) is 11.9. The average molecular weight is 282 g/mol. The van der Waals surface area contributed by atoms with Crippen LogP contribution in [0, 0.1) is 0 Å². The highest BCUT2D eigenvalue weighted by atomic mass is 35.5. The molecule has 104 valence electrons. The molecular formula is C15H20ClNO2. The van der Waals surface area contributed by atoms with Gasteiger partial charge in [0, 0.05) is 30.5 Å². The Balaban J connectivity index is 1.60. The van der Waals surface area contributed by atoms with Gasteiger partial charge in [-0.05, 0) is 37.4 Å². The first-order valence-corrected chi connectivity index (χ1v) is 7.61. The van der Waals surface area contributed by atoms with E-state index >= 15 is 0 Å². The van der Waals surface area contributed by atoms with Gasteiger partial charge in [-0.15, -0.1) is 11.6 Å². The molecule has 19 heavy (non-hydrogen) atoms. The van der Waals surface area contributed by atoms with Gasteiger partial charge in [0.15, 0.2) is 5.75 Å². The second-order valence-corrected chi connectivity index (χ2v) is 5.64. The second-order valence-electron chi connectivity index (χ2n) is 5.33. The van der Waals surface area contributed by atoms with Crippen LogP contribution in [-0.4, -0.2) is 36.5 Å². The van der Waals surface area contributed by atoms with Crippen LogP contribution in [0.4, 0.5) is 0 Å². The summed E-state index contributed by atoms with van der Waals surface area (Å²) in [7, 11) is 0. The third kappa shape index (κ3) is 3.04. The van der Waals surface area contributed by atoms with Crippen molar-refractivity contribution in [3.8, 4) is 5.75 Å². The molecule has 1 aromatic rings. The highest BCUT2D eigenvalue weighted by molar-refractivity contribution is 6.18. The molecule has 3 nitrogen and oxygen atoms in total. The van der Waals surface area contributed by atoms with Crippen molar-refractivity contribution in [1.29, 1.82) is 0 Å². The lowest BCUT2D eigenvalue weighted by atomic mass is 10.0. The first-order valence-electron chi connectivity index (χ1n) is 7.08. The van der Waals surface area contributed by atoms with Crippen LogP contribution >= 0.6 is 11.6 Å². The lowest BCUT2D eigenvalue weighted by molar-refractivity contribution is -0.215. The predicted octanol–water partition coefficient (Wildman–Crippen LogP) is 2.80. The Bertz CT molecular complexity index is 438. The summed E-state index contributed by atoms with van der Waals surface area (Å²) in [4.78, 5) is 12.7. The average Bonchev–Trinajstić information content (AvgIpc) is 2.92. The van der Waals surface area contributed by atoms with E-state index in [1.807, 2.05) is 6.07 Å². The van der Waals surface area contributed by atoms with Crippen LogP contribution in [-0.2, 0) is 17.7 Å². The third-order valence-electron chi connectivity index (χ3n) is 4.09. The number of alkyl halides is 1. The van der Waals surface area contributed by atoms with E-state index in [-0.39, 0.29) is 0 Å². The molecule has 2 aliphatic rings. The minimum atomic E-state index is 0.580. The Morgan fingerprint density at radius 1 is 1.37 bits per heavy atom. The highest BCUT2D eigenvalue weighted by Gasteiger charge is 2.23. The van der Waals surface area contributed by atoms with Crippen molar-refractivity contribution in [3.05, 3.63) is 29.3 Å². The smallest absolute Gasteiger partial charge is 0.168 e. The predicted molar refractivity (Wildman–Crippen MR) is 75.7 cm³/mol. The van der Waals surface area contributed by atoms with Crippen LogP contribution in [0.5, 0.6) is 5.75 Å². The zero-order chi connectivity index (χ0) is 13.1. The van der Waals surface area contributed by atoms with E-state index < -0.39 is 0 Å². The van der Waals surface area contributed by atoms with E-state index in [9.17, 15) is 0 Å². The van der Waals surface area contributed by atoms with Gasteiger partial charge in [-0.2, -0.15) is 4.89 Å². The molecule has 0 aromatic heterocycles. The monoisotopic (exact) mass is 281 g/mol. The van der Waals surface area contributed by atoms with Gasteiger partial charge < -0.3 is 4.89 Å². The molecule has 4 heteroatoms. The summed E-state index contributed by atoms with van der Waals surface area (Å²) in [6, 6.07) is 6.99. The fourth-order valence-corrected chi connectivity index (χ4v) is 3.31. The largest absolute Gasteiger partial charge is 0.337 e. The Morgan fingerprint density at radius 2 is 2.32 bits per heavy atom. The molecule has 0 bridgehead atoms. The third-order valence-corrected chi connectivity index (χ3v) is 4.45. The molecule has 0 radical (unpaired) electrons. The summed E-state index contributed by atoms with van der Waals surface area (Å²) < 4.78 is 0. The van der Waals surface area contributed by atoms with Crippen LogP contribution in [0.1, 0.15) is 24.0 Å². The Labute approximate surface area is 119 Å². The fraction of sp³-hybridized carbons (Fsp3) is 0.600. The van der Waals surface area contributed by atoms with Crippen molar-refractivity contribution in [3.63, 3.8) is 0 Å². The lowest BCUT2D eigenvalue weighted by Gasteiger charge is -2.23. The van der Waals surface area contributed by atoms with Crippen LogP contribution in [0.15, 0.2) is 18.2 Å². The van der Waals surface area contributed by atoms with E-state index in [0.29, 0.717) is 12.6 Å². The number of fused-ring (bicyclic) bond motifs is 1. The van der Waals surface area contributed by atoms with Gasteiger partial charge in [0.2, 0.25) is 0 Å². The quantitative estimate of drug-likeness (QED) is 0.626. The summed E-state index contributed by atoms with van der Waals surface area (Å²) in [5.74, 6) is 1.63. The summed E-state index contributed by atoms with van der Waals surface area (Å²) >= 11 is 6.01.